The Balaban J connectivity index is 1.05. The summed E-state index contributed by atoms with van der Waals surface area (Å²) in [5.41, 5.74) is 6.28. The Hall–Kier alpha value is -7.04. The maximum atomic E-state index is 13.9. The zero-order valence-corrected chi connectivity index (χ0v) is 50.7. The standard InChI is InChI=1S/C72H80O17/c1-49-61(78-42-54-30-16-7-17-31-54)65(68(70(75-4)83-49)82-46-58-38-24-11-25-39-58)89-72-69(85-51(3)74)66(84-50(2)73)63(60(87-72)48-77-41-53-28-14-6-15-29-53)88-71-67(81-45-57-36-22-10-23-37-57)64(80-44-56-34-20-9-21-35-56)62(79-43-55-32-18-8-19-33-55)59(86-71)47-76-40-52-26-12-5-13-27-52/h5-39,49,59-72H,40-48H2,1-4H3/t49-,59+,60+,61-,62-,63-,64-,65+,66-,67+,68+,69+,70+,71+,72+/m0/s1. The van der Waals surface area contributed by atoms with Crippen LogP contribution in [0, 0.1) is 0 Å². The van der Waals surface area contributed by atoms with Gasteiger partial charge in [0.15, 0.2) is 31.1 Å². The number of hydrogen-bond acceptors (Lipinski definition) is 17. The molecule has 0 amide bonds. The maximum Gasteiger partial charge on any atom is 0.303 e. The molecule has 0 N–H and O–H groups in total. The molecule has 7 aromatic carbocycles. The molecular weight excluding hydrogens is 1140 g/mol. The van der Waals surface area contributed by atoms with E-state index in [2.05, 4.69) is 0 Å². The number of esters is 2. The monoisotopic (exact) mass is 1220 g/mol. The van der Waals surface area contributed by atoms with Crippen LogP contribution in [-0.4, -0.2) is 124 Å². The molecule has 3 aliphatic heterocycles. The van der Waals surface area contributed by atoms with Crippen LogP contribution in [0.25, 0.3) is 0 Å². The van der Waals surface area contributed by atoms with E-state index >= 15 is 0 Å². The Bertz CT molecular complexity index is 3140. The largest absolute Gasteiger partial charge is 0.455 e. The smallest absolute Gasteiger partial charge is 0.303 e. The molecule has 89 heavy (non-hydrogen) atoms. The molecular formula is C72H80O17. The van der Waals surface area contributed by atoms with Crippen LogP contribution in [0.3, 0.4) is 0 Å². The van der Waals surface area contributed by atoms with Gasteiger partial charge in [0.05, 0.1) is 65.6 Å². The third kappa shape index (κ3) is 18.8. The van der Waals surface area contributed by atoms with Crippen LogP contribution in [0.15, 0.2) is 212 Å². The van der Waals surface area contributed by atoms with Crippen molar-refractivity contribution < 1.29 is 80.6 Å². The molecule has 0 radical (unpaired) electrons. The van der Waals surface area contributed by atoms with Crippen molar-refractivity contribution in [2.45, 2.75) is 159 Å². The Morgan fingerprint density at radius 2 is 0.629 bits per heavy atom. The molecule has 17 heteroatoms. The predicted molar refractivity (Wildman–Crippen MR) is 327 cm³/mol. The molecule has 15 atom stereocenters. The van der Waals surface area contributed by atoms with Crippen LogP contribution in [0.5, 0.6) is 0 Å². The lowest BCUT2D eigenvalue weighted by atomic mass is 9.95. The van der Waals surface area contributed by atoms with Gasteiger partial charge in [-0.25, -0.2) is 0 Å². The highest BCUT2D eigenvalue weighted by atomic mass is 16.8. The Morgan fingerprint density at radius 3 is 1.01 bits per heavy atom. The van der Waals surface area contributed by atoms with Crippen molar-refractivity contribution in [2.24, 2.45) is 0 Å². The third-order valence-electron chi connectivity index (χ3n) is 15.5. The lowest BCUT2D eigenvalue weighted by molar-refractivity contribution is -0.387. The van der Waals surface area contributed by atoms with Crippen LogP contribution in [-0.2, 0) is 127 Å². The fraction of sp³-hybridized carbons (Fsp3) is 0.389. The SMILES string of the molecule is CO[C@@H]1O[C@@H](C)[C@H](OCc2ccccc2)[C@@H](O[C@H]2O[C@H](COCc3ccccc3)[C@H](O[C@H]3O[C@H](COCc4ccccc4)[C@H](OCc4ccccc4)[C@H](OCc4ccccc4)[C@H]3OCc3ccccc3)[C@H](OC(C)=O)[C@H]2OC(C)=O)[C@H]1OCc1ccccc1. The van der Waals surface area contributed by atoms with E-state index in [0.717, 1.165) is 38.9 Å². The lowest BCUT2D eigenvalue weighted by Gasteiger charge is -2.51. The molecule has 0 unspecified atom stereocenters. The van der Waals surface area contributed by atoms with Crippen molar-refractivity contribution in [3.8, 4) is 0 Å². The van der Waals surface area contributed by atoms with Gasteiger partial charge in [-0.3, -0.25) is 9.59 Å². The number of methoxy groups -OCH3 is 1. The second kappa shape index (κ2) is 33.7. The number of carbonyl (C=O) groups excluding carboxylic acids is 2. The summed E-state index contributed by atoms with van der Waals surface area (Å²) in [6, 6.07) is 68.2. The number of carbonyl (C=O) groups is 2. The van der Waals surface area contributed by atoms with Crippen LogP contribution in [0.4, 0.5) is 0 Å². The predicted octanol–water partition coefficient (Wildman–Crippen LogP) is 10.8. The molecule has 3 aliphatic rings. The molecule has 3 heterocycles. The van der Waals surface area contributed by atoms with Gasteiger partial charge >= 0.3 is 11.9 Å². The summed E-state index contributed by atoms with van der Waals surface area (Å²) in [6.45, 7) is 5.38. The molecule has 0 aromatic heterocycles. The minimum atomic E-state index is -1.51. The van der Waals surface area contributed by atoms with Crippen LogP contribution in [0.1, 0.15) is 59.7 Å². The Kier molecular flexibility index (Phi) is 24.6. The van der Waals surface area contributed by atoms with Crippen molar-refractivity contribution in [1.82, 2.24) is 0 Å². The van der Waals surface area contributed by atoms with E-state index in [4.69, 9.17) is 71.1 Å². The molecule has 470 valence electrons. The zero-order valence-electron chi connectivity index (χ0n) is 50.7. The Labute approximate surface area is 521 Å². The van der Waals surface area contributed by atoms with E-state index in [0.29, 0.717) is 0 Å². The highest BCUT2D eigenvalue weighted by Crippen LogP contribution is 2.39. The molecule has 10 rings (SSSR count). The first kappa shape index (κ1) is 64.9. The van der Waals surface area contributed by atoms with Crippen molar-refractivity contribution in [3.05, 3.63) is 251 Å². The Morgan fingerprint density at radius 1 is 0.326 bits per heavy atom. The topological polar surface area (TPSA) is 173 Å². The maximum absolute atomic E-state index is 13.9. The summed E-state index contributed by atoms with van der Waals surface area (Å²) in [5.74, 6) is -1.45. The van der Waals surface area contributed by atoms with E-state index in [9.17, 15) is 9.59 Å². The average molecular weight is 1220 g/mol. The molecule has 3 fully saturated rings. The quantitative estimate of drug-likeness (QED) is 0.0389. The number of hydrogen-bond donors (Lipinski definition) is 0. The molecule has 7 aromatic rings. The minimum absolute atomic E-state index is 0.0158. The summed E-state index contributed by atoms with van der Waals surface area (Å²) in [7, 11) is 1.52. The highest BCUT2D eigenvalue weighted by molar-refractivity contribution is 5.67. The normalized spacial score (nSPS) is 26.9. The van der Waals surface area contributed by atoms with E-state index in [1.165, 1.54) is 21.0 Å². The van der Waals surface area contributed by atoms with Gasteiger partial charge in [-0.15, -0.1) is 0 Å². The molecule has 0 bridgehead atoms. The van der Waals surface area contributed by atoms with E-state index in [1.54, 1.807) is 0 Å². The summed E-state index contributed by atoms with van der Waals surface area (Å²) in [5, 5.41) is 0. The summed E-state index contributed by atoms with van der Waals surface area (Å²) in [4.78, 5) is 27.6. The highest BCUT2D eigenvalue weighted by Gasteiger charge is 2.58. The second-order valence-electron chi connectivity index (χ2n) is 22.2. The van der Waals surface area contributed by atoms with Gasteiger partial charge < -0.3 is 71.1 Å². The van der Waals surface area contributed by atoms with E-state index in [-0.39, 0.29) is 59.5 Å². The van der Waals surface area contributed by atoms with Gasteiger partial charge in [-0.05, 0) is 45.9 Å². The van der Waals surface area contributed by atoms with Gasteiger partial charge in [-0.1, -0.05) is 212 Å². The first-order valence-electron chi connectivity index (χ1n) is 30.3. The molecule has 0 aliphatic carbocycles. The van der Waals surface area contributed by atoms with Crippen LogP contribution >= 0.6 is 0 Å². The van der Waals surface area contributed by atoms with Crippen molar-refractivity contribution in [1.29, 1.82) is 0 Å². The van der Waals surface area contributed by atoms with Crippen LogP contribution in [0.2, 0.25) is 0 Å². The van der Waals surface area contributed by atoms with Gasteiger partial charge in [0, 0.05) is 21.0 Å². The molecule has 17 nitrogen and oxygen atoms in total. The zero-order chi connectivity index (χ0) is 61.6. The fourth-order valence-electron chi connectivity index (χ4n) is 11.2. The van der Waals surface area contributed by atoms with Gasteiger partial charge in [0.1, 0.15) is 54.9 Å². The van der Waals surface area contributed by atoms with E-state index in [1.807, 2.05) is 219 Å². The number of ether oxygens (including phenoxy) is 15. The summed E-state index contributed by atoms with van der Waals surface area (Å²) >= 11 is 0. The average Bonchev–Trinajstić information content (AvgIpc) is 0.954. The van der Waals surface area contributed by atoms with Crippen molar-refractivity contribution in [2.75, 3.05) is 20.3 Å². The first-order valence-corrected chi connectivity index (χ1v) is 30.3. The molecule has 3 saturated heterocycles. The van der Waals surface area contributed by atoms with Gasteiger partial charge in [0.2, 0.25) is 0 Å². The first-order chi connectivity index (χ1) is 43.6. The third-order valence-corrected chi connectivity index (χ3v) is 15.5. The minimum Gasteiger partial charge on any atom is -0.455 e. The summed E-state index contributed by atoms with van der Waals surface area (Å²) < 4.78 is 102. The molecule has 0 spiro atoms. The fourth-order valence-corrected chi connectivity index (χ4v) is 11.2. The summed E-state index contributed by atoms with van der Waals surface area (Å²) in [6.07, 6.45) is -16.5. The number of benzene rings is 7. The second-order valence-corrected chi connectivity index (χ2v) is 22.2. The lowest BCUT2D eigenvalue weighted by Crippen LogP contribution is -2.68. The molecule has 0 saturated carbocycles. The van der Waals surface area contributed by atoms with Gasteiger partial charge in [0.25, 0.3) is 0 Å². The van der Waals surface area contributed by atoms with Gasteiger partial charge in [-0.2, -0.15) is 0 Å². The number of rotatable bonds is 30. The van der Waals surface area contributed by atoms with Crippen molar-refractivity contribution >= 4 is 11.9 Å². The van der Waals surface area contributed by atoms with Crippen molar-refractivity contribution in [3.63, 3.8) is 0 Å². The van der Waals surface area contributed by atoms with E-state index < -0.39 is 104 Å². The van der Waals surface area contributed by atoms with Crippen LogP contribution < -0.4 is 0 Å².